The summed E-state index contributed by atoms with van der Waals surface area (Å²) in [4.78, 5) is 8.70. The molecule has 7 nitrogen and oxygen atoms in total. The lowest BCUT2D eigenvalue weighted by atomic mass is 10.2. The number of nitrogens with zero attached hydrogens (tertiary/aromatic N) is 3. The number of aliphatic imine (C=N–C) groups is 1. The second kappa shape index (κ2) is 7.14. The lowest BCUT2D eigenvalue weighted by Gasteiger charge is -2.39. The fourth-order valence-electron chi connectivity index (χ4n) is 2.81. The molecule has 2 heterocycles. The molecule has 0 atom stereocenters. The van der Waals surface area contributed by atoms with Crippen LogP contribution in [0.3, 0.4) is 0 Å². The predicted octanol–water partition coefficient (Wildman–Crippen LogP) is -0.597. The Morgan fingerprint density at radius 2 is 1.95 bits per heavy atom. The fraction of sp³-hybridized carbons (Fsp3) is 0.929. The van der Waals surface area contributed by atoms with Crippen LogP contribution in [0, 0.1) is 0 Å². The zero-order chi connectivity index (χ0) is 16.2. The molecule has 2 aliphatic rings. The largest absolute Gasteiger partial charge is 0.379 e. The van der Waals surface area contributed by atoms with Gasteiger partial charge in [-0.2, -0.15) is 0 Å². The van der Waals surface area contributed by atoms with E-state index in [4.69, 9.17) is 4.74 Å². The molecule has 0 spiro atoms. The molecule has 128 valence electrons. The van der Waals surface area contributed by atoms with Crippen molar-refractivity contribution in [2.45, 2.75) is 18.6 Å². The van der Waals surface area contributed by atoms with E-state index >= 15 is 0 Å². The summed E-state index contributed by atoms with van der Waals surface area (Å²) >= 11 is 0. The minimum Gasteiger partial charge on any atom is -0.379 e. The maximum absolute atomic E-state index is 12.1. The Kier molecular flexibility index (Phi) is 5.68. The lowest BCUT2D eigenvalue weighted by Crippen LogP contribution is -2.57. The van der Waals surface area contributed by atoms with Crippen molar-refractivity contribution in [2.75, 3.05) is 65.3 Å². The molecule has 1 N–H and O–H groups in total. The normalized spacial score (nSPS) is 26.0. The number of nitrogens with one attached hydrogen (secondary N) is 1. The van der Waals surface area contributed by atoms with Crippen LogP contribution in [0.25, 0.3) is 0 Å². The molecule has 2 fully saturated rings. The zero-order valence-corrected chi connectivity index (χ0v) is 14.7. The van der Waals surface area contributed by atoms with E-state index < -0.39 is 14.6 Å². The van der Waals surface area contributed by atoms with Gasteiger partial charge in [-0.05, 0) is 13.8 Å². The van der Waals surface area contributed by atoms with Crippen LogP contribution in [0.2, 0.25) is 0 Å². The van der Waals surface area contributed by atoms with Crippen LogP contribution < -0.4 is 5.32 Å². The summed E-state index contributed by atoms with van der Waals surface area (Å²) in [6.07, 6.45) is 0. The van der Waals surface area contributed by atoms with Gasteiger partial charge in [-0.1, -0.05) is 0 Å². The van der Waals surface area contributed by atoms with Gasteiger partial charge in [0.05, 0.1) is 23.7 Å². The van der Waals surface area contributed by atoms with E-state index in [1.165, 1.54) is 0 Å². The first-order valence-corrected chi connectivity index (χ1v) is 9.49. The molecule has 8 heteroatoms. The van der Waals surface area contributed by atoms with Gasteiger partial charge in [0.15, 0.2) is 15.8 Å². The monoisotopic (exact) mass is 332 g/mol. The van der Waals surface area contributed by atoms with Crippen LogP contribution in [0.5, 0.6) is 0 Å². The third-order valence-electron chi connectivity index (χ3n) is 4.37. The number of rotatable bonds is 3. The average Bonchev–Trinajstić information content (AvgIpc) is 2.48. The summed E-state index contributed by atoms with van der Waals surface area (Å²) in [7, 11) is -1.28. The van der Waals surface area contributed by atoms with Crippen LogP contribution in [0.15, 0.2) is 4.99 Å². The Labute approximate surface area is 133 Å². The van der Waals surface area contributed by atoms with Crippen molar-refractivity contribution in [2.24, 2.45) is 4.99 Å². The van der Waals surface area contributed by atoms with E-state index in [1.807, 2.05) is 4.90 Å². The van der Waals surface area contributed by atoms with Crippen LogP contribution in [-0.2, 0) is 14.6 Å². The number of hydrogen-bond donors (Lipinski definition) is 1. The van der Waals surface area contributed by atoms with Gasteiger partial charge >= 0.3 is 0 Å². The highest BCUT2D eigenvalue weighted by atomic mass is 32.2. The number of morpholine rings is 1. The predicted molar refractivity (Wildman–Crippen MR) is 88.1 cm³/mol. The molecule has 2 aliphatic heterocycles. The second-order valence-electron chi connectivity index (χ2n) is 6.43. The minimum absolute atomic E-state index is 0.185. The van der Waals surface area contributed by atoms with Gasteiger partial charge in [0.25, 0.3) is 0 Å². The third-order valence-corrected chi connectivity index (χ3v) is 6.90. The summed E-state index contributed by atoms with van der Waals surface area (Å²) in [6, 6.07) is 0. The van der Waals surface area contributed by atoms with Crippen molar-refractivity contribution < 1.29 is 13.2 Å². The van der Waals surface area contributed by atoms with Gasteiger partial charge in [0.2, 0.25) is 0 Å². The third kappa shape index (κ3) is 4.11. The summed E-state index contributed by atoms with van der Waals surface area (Å²) < 4.78 is 28.8. The zero-order valence-electron chi connectivity index (χ0n) is 13.8. The summed E-state index contributed by atoms with van der Waals surface area (Å²) in [5.41, 5.74) is 0. The molecule has 0 bridgehead atoms. The maximum atomic E-state index is 12.1. The van der Waals surface area contributed by atoms with Gasteiger partial charge in [-0.3, -0.25) is 9.89 Å². The topological polar surface area (TPSA) is 74.2 Å². The van der Waals surface area contributed by atoms with Crippen molar-refractivity contribution in [3.05, 3.63) is 0 Å². The number of hydrogen-bond acceptors (Lipinski definition) is 5. The molecular formula is C14H28N4O3S. The van der Waals surface area contributed by atoms with Gasteiger partial charge in [0, 0.05) is 46.3 Å². The molecular weight excluding hydrogens is 304 g/mol. The summed E-state index contributed by atoms with van der Waals surface area (Å²) in [5, 5.41) is 3.35. The van der Waals surface area contributed by atoms with Gasteiger partial charge in [0.1, 0.15) is 0 Å². The number of guanidine groups is 1. The Morgan fingerprint density at radius 1 is 1.27 bits per heavy atom. The first kappa shape index (κ1) is 17.5. The first-order valence-electron chi connectivity index (χ1n) is 7.84. The van der Waals surface area contributed by atoms with E-state index in [1.54, 1.807) is 20.9 Å². The fourth-order valence-corrected chi connectivity index (χ4v) is 4.17. The SMILES string of the molecule is CN=C(NCCN1CCOCC1)N1CCS(=O)(=O)C(C)(C)C1. The van der Waals surface area contributed by atoms with Gasteiger partial charge < -0.3 is 15.0 Å². The summed E-state index contributed by atoms with van der Waals surface area (Å²) in [5.74, 6) is 0.973. The van der Waals surface area contributed by atoms with E-state index in [2.05, 4.69) is 15.2 Å². The Hall–Kier alpha value is -0.860. The summed E-state index contributed by atoms with van der Waals surface area (Å²) in [6.45, 7) is 9.83. The molecule has 0 saturated carbocycles. The minimum atomic E-state index is -3.02. The molecule has 0 unspecified atom stereocenters. The Bertz CT molecular complexity index is 498. The van der Waals surface area contributed by atoms with Crippen molar-refractivity contribution in [3.63, 3.8) is 0 Å². The molecule has 0 radical (unpaired) electrons. The van der Waals surface area contributed by atoms with Crippen LogP contribution in [0.4, 0.5) is 0 Å². The maximum Gasteiger partial charge on any atom is 0.193 e. The van der Waals surface area contributed by atoms with Crippen molar-refractivity contribution in [1.29, 1.82) is 0 Å². The van der Waals surface area contributed by atoms with E-state index in [0.717, 1.165) is 45.4 Å². The molecule has 0 amide bonds. The van der Waals surface area contributed by atoms with Gasteiger partial charge in [-0.15, -0.1) is 0 Å². The van der Waals surface area contributed by atoms with Crippen LogP contribution in [0.1, 0.15) is 13.8 Å². The Balaban J connectivity index is 1.84. The molecule has 0 aromatic carbocycles. The smallest absolute Gasteiger partial charge is 0.193 e. The molecule has 0 aromatic heterocycles. The van der Waals surface area contributed by atoms with Crippen molar-refractivity contribution >= 4 is 15.8 Å². The van der Waals surface area contributed by atoms with E-state index in [0.29, 0.717) is 13.1 Å². The van der Waals surface area contributed by atoms with Gasteiger partial charge in [-0.25, -0.2) is 8.42 Å². The molecule has 2 saturated heterocycles. The van der Waals surface area contributed by atoms with Crippen molar-refractivity contribution in [1.82, 2.24) is 15.1 Å². The Morgan fingerprint density at radius 3 is 2.55 bits per heavy atom. The van der Waals surface area contributed by atoms with E-state index in [-0.39, 0.29) is 5.75 Å². The van der Waals surface area contributed by atoms with Crippen LogP contribution >= 0.6 is 0 Å². The first-order chi connectivity index (χ1) is 10.4. The molecule has 2 rings (SSSR count). The quantitative estimate of drug-likeness (QED) is 0.550. The molecule has 0 aromatic rings. The highest BCUT2D eigenvalue weighted by molar-refractivity contribution is 7.92. The standard InChI is InChI=1S/C14H28N4O3S/c1-14(2)12-18(8-11-22(14,19)20)13(15-3)16-4-5-17-6-9-21-10-7-17/h4-12H2,1-3H3,(H,15,16). The average molecular weight is 332 g/mol. The number of sulfone groups is 1. The lowest BCUT2D eigenvalue weighted by molar-refractivity contribution is 0.0388. The highest BCUT2D eigenvalue weighted by Gasteiger charge is 2.40. The number of ether oxygens (including phenoxy) is 1. The molecule has 22 heavy (non-hydrogen) atoms. The molecule has 0 aliphatic carbocycles. The van der Waals surface area contributed by atoms with E-state index in [9.17, 15) is 8.42 Å². The van der Waals surface area contributed by atoms with Crippen LogP contribution in [-0.4, -0.2) is 94.2 Å². The van der Waals surface area contributed by atoms with Crippen molar-refractivity contribution in [3.8, 4) is 0 Å². The second-order valence-corrected chi connectivity index (χ2v) is 9.17. The highest BCUT2D eigenvalue weighted by Crippen LogP contribution is 2.23.